The van der Waals surface area contributed by atoms with E-state index >= 15 is 0 Å². The summed E-state index contributed by atoms with van der Waals surface area (Å²) in [6.45, 7) is 8.68. The summed E-state index contributed by atoms with van der Waals surface area (Å²) in [6, 6.07) is 9.32. The van der Waals surface area contributed by atoms with E-state index in [4.69, 9.17) is 16.6 Å². The van der Waals surface area contributed by atoms with Crippen LogP contribution in [0.15, 0.2) is 30.5 Å². The van der Waals surface area contributed by atoms with Crippen LogP contribution in [-0.2, 0) is 0 Å². The number of anilines is 1. The summed E-state index contributed by atoms with van der Waals surface area (Å²) >= 11 is 8.10. The Morgan fingerprint density at radius 3 is 2.74 bits per heavy atom. The number of thiophene rings is 1. The highest BCUT2D eigenvalue weighted by Crippen LogP contribution is 2.37. The molecule has 7 nitrogen and oxygen atoms in total. The first-order valence-electron chi connectivity index (χ1n) is 12.4. The molecule has 1 aromatic carbocycles. The number of rotatable bonds is 8. The second-order valence-corrected chi connectivity index (χ2v) is 11.4. The van der Waals surface area contributed by atoms with Crippen LogP contribution in [0.4, 0.5) is 5.95 Å². The molecule has 2 aliphatic rings. The van der Waals surface area contributed by atoms with Crippen LogP contribution in [0, 0.1) is 0 Å². The van der Waals surface area contributed by atoms with Gasteiger partial charge < -0.3 is 15.5 Å². The Kier molecular flexibility index (Phi) is 7.25. The molecule has 1 amide bonds. The molecule has 0 radical (unpaired) electrons. The van der Waals surface area contributed by atoms with E-state index in [1.807, 2.05) is 24.3 Å². The van der Waals surface area contributed by atoms with Gasteiger partial charge in [0, 0.05) is 60.0 Å². The van der Waals surface area contributed by atoms with E-state index in [1.165, 1.54) is 0 Å². The van der Waals surface area contributed by atoms with Crippen LogP contribution in [0.25, 0.3) is 20.7 Å². The summed E-state index contributed by atoms with van der Waals surface area (Å²) in [7, 11) is 2.20. The van der Waals surface area contributed by atoms with Crippen LogP contribution >= 0.6 is 22.9 Å². The third kappa shape index (κ3) is 5.61. The van der Waals surface area contributed by atoms with E-state index < -0.39 is 0 Å². The number of carbonyl (C=O) groups is 1. The molecule has 3 aromatic rings. The average Bonchev–Trinajstić information content (AvgIpc) is 3.52. The lowest BCUT2D eigenvalue weighted by molar-refractivity contribution is 0.0523. The van der Waals surface area contributed by atoms with E-state index in [1.54, 1.807) is 17.5 Å². The van der Waals surface area contributed by atoms with Crippen molar-refractivity contribution in [3.05, 3.63) is 41.0 Å². The second-order valence-electron chi connectivity index (χ2n) is 9.90. The van der Waals surface area contributed by atoms with E-state index in [0.717, 1.165) is 60.4 Å². The molecule has 1 aliphatic heterocycles. The molecule has 186 valence electrons. The fraction of sp³-hybridized carbons (Fsp3) is 0.500. The van der Waals surface area contributed by atoms with Crippen molar-refractivity contribution in [1.29, 1.82) is 0 Å². The molecule has 2 unspecified atom stereocenters. The maximum atomic E-state index is 12.7. The summed E-state index contributed by atoms with van der Waals surface area (Å²) in [4.78, 5) is 27.8. The number of halogens is 1. The molecule has 1 saturated carbocycles. The van der Waals surface area contributed by atoms with Gasteiger partial charge in [-0.25, -0.2) is 9.97 Å². The minimum absolute atomic E-state index is 0.0115. The lowest BCUT2D eigenvalue weighted by Gasteiger charge is -2.43. The van der Waals surface area contributed by atoms with Gasteiger partial charge in [-0.3, -0.25) is 9.69 Å². The van der Waals surface area contributed by atoms with Crippen LogP contribution in [0.2, 0.25) is 5.02 Å². The lowest BCUT2D eigenvalue weighted by Crippen LogP contribution is -2.55. The maximum absolute atomic E-state index is 12.7. The van der Waals surface area contributed by atoms with E-state index in [9.17, 15) is 4.79 Å². The molecular formula is C26H33ClN6OS. The second kappa shape index (κ2) is 10.4. The van der Waals surface area contributed by atoms with E-state index in [2.05, 4.69) is 46.3 Å². The molecule has 35 heavy (non-hydrogen) atoms. The third-order valence-electron chi connectivity index (χ3n) is 6.86. The fourth-order valence-corrected chi connectivity index (χ4v) is 6.36. The van der Waals surface area contributed by atoms with Crippen molar-refractivity contribution in [2.24, 2.45) is 0 Å². The van der Waals surface area contributed by atoms with Gasteiger partial charge in [-0.2, -0.15) is 0 Å². The molecule has 9 heteroatoms. The summed E-state index contributed by atoms with van der Waals surface area (Å²) in [5, 5.41) is 7.91. The Labute approximate surface area is 215 Å². The topological polar surface area (TPSA) is 73.4 Å². The van der Waals surface area contributed by atoms with E-state index in [0.29, 0.717) is 40.4 Å². The zero-order valence-corrected chi connectivity index (χ0v) is 22.1. The van der Waals surface area contributed by atoms with Crippen LogP contribution in [0.1, 0.15) is 43.5 Å². The summed E-state index contributed by atoms with van der Waals surface area (Å²) < 4.78 is 1.04. The van der Waals surface area contributed by atoms with Crippen LogP contribution < -0.4 is 10.6 Å². The highest BCUT2D eigenvalue weighted by molar-refractivity contribution is 7.22. The summed E-state index contributed by atoms with van der Waals surface area (Å²) in [5.41, 5.74) is 1.40. The molecule has 1 saturated heterocycles. The van der Waals surface area contributed by atoms with Gasteiger partial charge in [0.1, 0.15) is 5.69 Å². The lowest BCUT2D eigenvalue weighted by atomic mass is 10.1. The van der Waals surface area contributed by atoms with E-state index in [-0.39, 0.29) is 5.91 Å². The molecule has 5 rings (SSSR count). The van der Waals surface area contributed by atoms with Gasteiger partial charge in [0.2, 0.25) is 5.95 Å². The van der Waals surface area contributed by atoms with Crippen molar-refractivity contribution in [1.82, 2.24) is 25.1 Å². The number of hydrogen-bond acceptors (Lipinski definition) is 7. The molecule has 2 aromatic heterocycles. The van der Waals surface area contributed by atoms with Gasteiger partial charge in [0.15, 0.2) is 0 Å². The van der Waals surface area contributed by atoms with Crippen LogP contribution in [-0.4, -0.2) is 77.0 Å². The number of benzene rings is 1. The number of amides is 1. The Bertz CT molecular complexity index is 1200. The van der Waals surface area contributed by atoms with Gasteiger partial charge in [0.25, 0.3) is 5.91 Å². The number of carbonyl (C=O) groups excluding carboxylic acids is 1. The zero-order valence-electron chi connectivity index (χ0n) is 20.6. The number of aromatic nitrogens is 2. The number of nitrogens with one attached hydrogen (secondary N) is 2. The predicted octanol–water partition coefficient (Wildman–Crippen LogP) is 4.73. The number of piperazine rings is 1. The predicted molar refractivity (Wildman–Crippen MR) is 145 cm³/mol. The Hall–Kier alpha value is -2.26. The quantitative estimate of drug-likeness (QED) is 0.425. The Balaban J connectivity index is 1.26. The number of likely N-dealkylation sites (N-methyl/N-ethyl adjacent to an activating group) is 1. The molecule has 2 N–H and O–H groups in total. The van der Waals surface area contributed by atoms with Gasteiger partial charge in [-0.1, -0.05) is 17.7 Å². The molecular weight excluding hydrogens is 480 g/mol. The molecule has 3 heterocycles. The molecule has 2 atom stereocenters. The van der Waals surface area contributed by atoms with Crippen molar-refractivity contribution < 1.29 is 4.79 Å². The smallest absolute Gasteiger partial charge is 0.252 e. The SMILES string of the molecule is CC1CN(C)CC(C)N1CCCNc1ncc(Cl)c(-c2cc3c(C(=O)NC4CC4)cccc3s2)n1. The Morgan fingerprint density at radius 2 is 2.00 bits per heavy atom. The van der Waals surface area contributed by atoms with Crippen molar-refractivity contribution in [2.75, 3.05) is 38.5 Å². The highest BCUT2D eigenvalue weighted by Gasteiger charge is 2.27. The number of fused-ring (bicyclic) bond motifs is 1. The van der Waals surface area contributed by atoms with Gasteiger partial charge in [-0.05, 0) is 58.4 Å². The summed E-state index contributed by atoms with van der Waals surface area (Å²) in [5.74, 6) is 0.565. The molecule has 0 bridgehead atoms. The number of nitrogens with zero attached hydrogens (tertiary/aromatic N) is 4. The van der Waals surface area contributed by atoms with Crippen molar-refractivity contribution in [3.63, 3.8) is 0 Å². The first kappa shape index (κ1) is 24.4. The van der Waals surface area contributed by atoms with Gasteiger partial charge >= 0.3 is 0 Å². The van der Waals surface area contributed by atoms with Crippen LogP contribution in [0.3, 0.4) is 0 Å². The normalized spacial score (nSPS) is 21.4. The average molecular weight is 513 g/mol. The van der Waals surface area contributed by atoms with Crippen molar-refractivity contribution in [2.45, 2.75) is 51.2 Å². The third-order valence-corrected chi connectivity index (χ3v) is 8.24. The fourth-order valence-electron chi connectivity index (χ4n) is 5.01. The van der Waals surface area contributed by atoms with Crippen molar-refractivity contribution in [3.8, 4) is 10.6 Å². The largest absolute Gasteiger partial charge is 0.354 e. The zero-order chi connectivity index (χ0) is 24.5. The molecule has 2 fully saturated rings. The first-order chi connectivity index (χ1) is 16.9. The molecule has 0 spiro atoms. The summed E-state index contributed by atoms with van der Waals surface area (Å²) in [6.07, 6.45) is 4.80. The molecule has 1 aliphatic carbocycles. The minimum Gasteiger partial charge on any atom is -0.354 e. The highest BCUT2D eigenvalue weighted by atomic mass is 35.5. The first-order valence-corrected chi connectivity index (χ1v) is 13.6. The number of hydrogen-bond donors (Lipinski definition) is 2. The minimum atomic E-state index is -0.0115. The monoisotopic (exact) mass is 512 g/mol. The Morgan fingerprint density at radius 1 is 1.23 bits per heavy atom. The van der Waals surface area contributed by atoms with Crippen LogP contribution in [0.5, 0.6) is 0 Å². The standard InChI is InChI=1S/C26H33ClN6OS/c1-16-14-32(3)15-17(2)33(16)11-5-10-28-26-29-13-21(27)24(31-26)23-12-20-19(6-4-7-22(20)35-23)25(34)30-18-8-9-18/h4,6-7,12-13,16-18H,5,8-11,14-15H2,1-3H3,(H,30,34)(H,28,29,31). The van der Waals surface area contributed by atoms with Crippen molar-refractivity contribution >= 4 is 44.9 Å². The van der Waals surface area contributed by atoms with Gasteiger partial charge in [-0.15, -0.1) is 11.3 Å². The maximum Gasteiger partial charge on any atom is 0.252 e. The van der Waals surface area contributed by atoms with Gasteiger partial charge in [0.05, 0.1) is 16.1 Å².